The minimum Gasteiger partial charge on any atom is -0.363 e. The number of amides is 6. The van der Waals surface area contributed by atoms with Gasteiger partial charge in [-0.1, -0.05) is 91.0 Å². The van der Waals surface area contributed by atoms with Crippen LogP contribution in [0.5, 0.6) is 0 Å². The van der Waals surface area contributed by atoms with Crippen molar-refractivity contribution < 1.29 is 42.8 Å². The fourth-order valence-electron chi connectivity index (χ4n) is 6.78. The van der Waals surface area contributed by atoms with E-state index in [1.807, 2.05) is 34.6 Å². The number of hydrogen-bond donors (Lipinski definition) is 6. The smallest absolute Gasteiger partial charge is 0.347 e. The van der Waals surface area contributed by atoms with Gasteiger partial charge in [0.25, 0.3) is 5.91 Å². The molecule has 3 rings (SSSR count). The Kier molecular flexibility index (Phi) is 14.1. The zero-order chi connectivity index (χ0) is 38.4. The Morgan fingerprint density at radius 2 is 1.59 bits per heavy atom. The van der Waals surface area contributed by atoms with Gasteiger partial charge in [0.2, 0.25) is 33.6 Å². The molecule has 1 aromatic rings. The maximum atomic E-state index is 14.4. The molecule has 0 spiro atoms. The van der Waals surface area contributed by atoms with Crippen molar-refractivity contribution >= 4 is 46.5 Å². The number of hydrogen-bond acceptors (Lipinski definition) is 7. The van der Waals surface area contributed by atoms with Gasteiger partial charge in [-0.25, -0.2) is 9.59 Å². The number of nitrogens with one attached hydrogen (secondary N) is 3. The van der Waals surface area contributed by atoms with Crippen molar-refractivity contribution in [1.29, 1.82) is 0 Å². The molecule has 1 aliphatic carbocycles. The van der Waals surface area contributed by atoms with Gasteiger partial charge >= 0.3 is 11.9 Å². The van der Waals surface area contributed by atoms with Crippen LogP contribution < -0.4 is 27.0 Å². The first kappa shape index (κ1) is 41.7. The highest BCUT2D eigenvalue weighted by atomic mass is 32.2. The zero-order valence-corrected chi connectivity index (χ0v) is 32.0. The van der Waals surface area contributed by atoms with E-state index in [9.17, 15) is 37.5 Å². The molecule has 6 atom stereocenters. The number of benzene rings is 1. The molecule has 2 fully saturated rings. The number of thiol groups is 1. The van der Waals surface area contributed by atoms with E-state index in [2.05, 4.69) is 16.0 Å². The first-order chi connectivity index (χ1) is 23.6. The second kappa shape index (κ2) is 17.2. The summed E-state index contributed by atoms with van der Waals surface area (Å²) in [6, 6.07) is 1.79. The van der Waals surface area contributed by atoms with Crippen LogP contribution in [-0.2, 0) is 34.5 Å². The van der Waals surface area contributed by atoms with E-state index in [4.69, 9.17) is 5.73 Å². The number of primary amides is 2. The van der Waals surface area contributed by atoms with Gasteiger partial charge < -0.3 is 26.6 Å². The van der Waals surface area contributed by atoms with Gasteiger partial charge in [-0.05, 0) is 53.6 Å². The molecule has 2 unspecified atom stereocenters. The Morgan fingerprint density at radius 1 is 0.961 bits per heavy atom. The Hall–Kier alpha value is -3.69. The number of carbonyl (C=O) groups excluding carboxylic acids is 6. The van der Waals surface area contributed by atoms with Crippen LogP contribution in [0, 0.1) is 28.6 Å². The average molecular weight is 735 g/mol. The molecule has 6 amide bonds. The molecule has 51 heavy (non-hydrogen) atoms. The van der Waals surface area contributed by atoms with Crippen molar-refractivity contribution in [3.63, 3.8) is 0 Å². The van der Waals surface area contributed by atoms with E-state index >= 15 is 0 Å². The summed E-state index contributed by atoms with van der Waals surface area (Å²) in [4.78, 5) is 81.1. The Labute approximate surface area is 303 Å². The Bertz CT molecular complexity index is 1500. The summed E-state index contributed by atoms with van der Waals surface area (Å²) >= 11 is -2.73. The number of rotatable bonds is 14. The van der Waals surface area contributed by atoms with Gasteiger partial charge in [-0.3, -0.25) is 24.5 Å². The topological polar surface area (TPSA) is 222 Å². The third kappa shape index (κ3) is 10.9. The van der Waals surface area contributed by atoms with Crippen molar-refractivity contribution in [2.45, 2.75) is 117 Å². The van der Waals surface area contributed by atoms with Crippen molar-refractivity contribution in [2.75, 3.05) is 13.1 Å². The monoisotopic (exact) mass is 734 g/mol. The van der Waals surface area contributed by atoms with Crippen LogP contribution in [0.4, 0.5) is 4.79 Å². The van der Waals surface area contributed by atoms with Crippen molar-refractivity contribution in [3.05, 3.63) is 29.8 Å². The number of quaternary nitrogens is 1. The van der Waals surface area contributed by atoms with Crippen LogP contribution >= 0.6 is 0 Å². The van der Waals surface area contributed by atoms with Crippen LogP contribution in [0.2, 0.25) is 0 Å². The second-order valence-electron chi connectivity index (χ2n) is 16.4. The van der Waals surface area contributed by atoms with E-state index < -0.39 is 81.5 Å². The predicted octanol–water partition coefficient (Wildman–Crippen LogP) is 1.65. The van der Waals surface area contributed by atoms with E-state index in [1.165, 1.54) is 22.3 Å². The molecule has 1 aromatic carbocycles. The normalized spacial score (nSPS) is 20.5. The number of urea groups is 1. The van der Waals surface area contributed by atoms with Crippen LogP contribution in [0.15, 0.2) is 29.2 Å². The molecule has 14 nitrogen and oxygen atoms in total. The lowest BCUT2D eigenvalue weighted by atomic mass is 9.80. The second-order valence-corrected chi connectivity index (χ2v) is 17.5. The van der Waals surface area contributed by atoms with Crippen molar-refractivity contribution in [1.82, 2.24) is 20.9 Å². The highest BCUT2D eigenvalue weighted by Gasteiger charge is 2.48. The lowest BCUT2D eigenvalue weighted by molar-refractivity contribution is -0.560. The summed E-state index contributed by atoms with van der Waals surface area (Å²) in [5, 5.41) is 9.90. The summed E-state index contributed by atoms with van der Waals surface area (Å²) in [7, 11) is 0. The van der Waals surface area contributed by atoms with Gasteiger partial charge in [-0.15, -0.1) is 0 Å². The summed E-state index contributed by atoms with van der Waals surface area (Å²) < 4.78 is 21.5. The van der Waals surface area contributed by atoms with Crippen LogP contribution in [0.25, 0.3) is 0 Å². The molecule has 284 valence electrons. The molecule has 0 aromatic heterocycles. The molecule has 2 aliphatic rings. The highest BCUT2D eigenvalue weighted by molar-refractivity contribution is 7.79. The zero-order valence-electron chi connectivity index (χ0n) is 31.2. The van der Waals surface area contributed by atoms with Gasteiger partial charge in [0.15, 0.2) is 0 Å². The fourth-order valence-corrected chi connectivity index (χ4v) is 7.38. The highest BCUT2D eigenvalue weighted by Crippen LogP contribution is 2.34. The quantitative estimate of drug-likeness (QED) is 0.0935. The molecule has 1 heterocycles. The average Bonchev–Trinajstić information content (AvgIpc) is 3.47. The summed E-state index contributed by atoms with van der Waals surface area (Å²) in [6.07, 6.45) is 3.64. The molecule has 0 radical (unpaired) electrons. The van der Waals surface area contributed by atoms with Gasteiger partial charge in [-0.2, -0.15) is 4.55 Å². The van der Waals surface area contributed by atoms with Gasteiger partial charge in [0, 0.05) is 6.54 Å². The number of carbonyl (C=O) groups is 6. The maximum absolute atomic E-state index is 14.4. The molecule has 0 bridgehead atoms. The summed E-state index contributed by atoms with van der Waals surface area (Å²) in [5.74, 6) is -3.45. The molecule has 1 saturated heterocycles. The largest absolute Gasteiger partial charge is 0.363 e. The number of ketones is 1. The first-order valence-electron chi connectivity index (χ1n) is 17.8. The van der Waals surface area contributed by atoms with Gasteiger partial charge in [0.1, 0.15) is 24.2 Å². The number of nitrogens with zero attached hydrogens (tertiary/aromatic N) is 1. The van der Waals surface area contributed by atoms with Crippen molar-refractivity contribution in [2.24, 2.45) is 34.3 Å². The van der Waals surface area contributed by atoms with E-state index in [0.717, 1.165) is 19.3 Å². The third-order valence-electron chi connectivity index (χ3n) is 10.2. The Balaban J connectivity index is 1.80. The van der Waals surface area contributed by atoms with Gasteiger partial charge in [0.05, 0.1) is 12.1 Å². The fraction of sp³-hybridized carbons (Fsp3) is 0.667. The summed E-state index contributed by atoms with van der Waals surface area (Å²) in [5.41, 5.74) is 4.12. The minimum absolute atomic E-state index is 0.0105. The van der Waals surface area contributed by atoms with Crippen molar-refractivity contribution in [3.8, 4) is 0 Å². The molecular formula is C36H58N6O8S+2. The van der Waals surface area contributed by atoms with Crippen LogP contribution in [0.1, 0.15) is 97.9 Å². The van der Waals surface area contributed by atoms with Crippen LogP contribution in [-0.4, -0.2) is 82.2 Å². The van der Waals surface area contributed by atoms with E-state index in [0.29, 0.717) is 12.8 Å². The SMILES string of the molecule is CC(C)[C@H]1CCN(C(=O)[C@@H](NC(=O)N[C@H](C[NH2+]C(=O)c2ccccc2[SH+](=O)O)C(C)(C)C)C(C)(C)C)[C@@H]1C(=O)NC(CC1CCC1)C(=O)C(N)=O. The standard InChI is InChI=1S/C36H56N6O8S/c1-20(2)22-16-17-42(27(22)32(46)39-24(28(43)30(37)44)18-21-12-11-13-21)33(47)29(36(6,7)8)41-34(48)40-26(35(3,4)5)19-38-31(45)23-14-9-10-15-25(23)51(49)50/h9-10,14-15,20-22,24,26-27,29H,11-13,16-19H2,1-8H3,(H2,37,44)(H,38,45)(H,39,46)(H,49,50)(H2,40,41,48)/p+2/t22-,24?,26-,27+,29-/m1/s1. The number of Topliss-reactive ketones (excluding diaryl/α,β-unsaturated/α-hetero) is 1. The number of likely N-dealkylation sites (tertiary alicyclic amines) is 1. The number of nitrogens with two attached hydrogens (primary N) is 2. The molecular weight excluding hydrogens is 676 g/mol. The third-order valence-corrected chi connectivity index (χ3v) is 11.0. The molecule has 8 N–H and O–H groups in total. The Morgan fingerprint density at radius 3 is 2.10 bits per heavy atom. The van der Waals surface area contributed by atoms with E-state index in [-0.39, 0.29) is 41.3 Å². The maximum Gasteiger partial charge on any atom is 0.347 e. The van der Waals surface area contributed by atoms with Crippen LogP contribution in [0.3, 0.4) is 0 Å². The lowest BCUT2D eigenvalue weighted by Gasteiger charge is -2.38. The minimum atomic E-state index is -2.73. The molecule has 15 heteroatoms. The molecule has 1 aliphatic heterocycles. The predicted molar refractivity (Wildman–Crippen MR) is 193 cm³/mol. The lowest BCUT2D eigenvalue weighted by Crippen LogP contribution is -2.91. The molecule has 1 saturated carbocycles. The van der Waals surface area contributed by atoms with E-state index in [1.54, 1.807) is 32.9 Å². The first-order valence-corrected chi connectivity index (χ1v) is 19.0. The summed E-state index contributed by atoms with van der Waals surface area (Å²) in [6.45, 7) is 15.4.